The van der Waals surface area contributed by atoms with Gasteiger partial charge in [0.1, 0.15) is 15.6 Å². The van der Waals surface area contributed by atoms with E-state index in [1.807, 2.05) is 12.1 Å². The van der Waals surface area contributed by atoms with E-state index in [4.69, 9.17) is 10.6 Å². The molecule has 0 unspecified atom stereocenters. The van der Waals surface area contributed by atoms with Crippen LogP contribution in [0.25, 0.3) is 0 Å². The molecule has 0 bridgehead atoms. The van der Waals surface area contributed by atoms with Gasteiger partial charge in [0, 0.05) is 17.5 Å². The lowest BCUT2D eigenvalue weighted by Gasteiger charge is -2.53. The van der Waals surface area contributed by atoms with Crippen molar-refractivity contribution in [2.45, 2.75) is 95.1 Å². The highest BCUT2D eigenvalue weighted by Crippen LogP contribution is 2.64. The molecule has 0 radical (unpaired) electrons. The van der Waals surface area contributed by atoms with E-state index < -0.39 is 40.5 Å². The SMILES string of the molecule is C[C@]12C[C@H](c3ccc(OCCCCCS(=O)(=O)CCCC(F)(F)C(F)(F)F)cc3)[C@@H]3c4ccccc4CC[C@H]3[C@@H]1CCC2=NN. The molecule has 0 aromatic heterocycles. The average Bonchev–Trinajstić information content (AvgIpc) is 3.33. The van der Waals surface area contributed by atoms with Gasteiger partial charge in [-0.1, -0.05) is 43.3 Å². The number of rotatable bonds is 12. The van der Waals surface area contributed by atoms with Gasteiger partial charge in [0.05, 0.1) is 18.1 Å². The highest BCUT2D eigenvalue weighted by Gasteiger charge is 2.57. The van der Waals surface area contributed by atoms with Crippen LogP contribution in [0.3, 0.4) is 0 Å². The van der Waals surface area contributed by atoms with Gasteiger partial charge in [0.2, 0.25) is 0 Å². The number of nitrogens with two attached hydrogens (primary N) is 1. The molecule has 11 heteroatoms. The van der Waals surface area contributed by atoms with Gasteiger partial charge in [-0.05, 0) is 110 Å². The number of unbranched alkanes of at least 4 members (excludes halogenated alkanes) is 2. The Morgan fingerprint density at radius 2 is 1.64 bits per heavy atom. The highest BCUT2D eigenvalue weighted by atomic mass is 32.2. The maximum Gasteiger partial charge on any atom is 0.453 e. The molecular weight excluding hydrogens is 611 g/mol. The lowest BCUT2D eigenvalue weighted by atomic mass is 9.51. The fourth-order valence-corrected chi connectivity index (χ4v) is 9.77. The van der Waals surface area contributed by atoms with Gasteiger partial charge in [-0.15, -0.1) is 0 Å². The normalized spacial score (nSPS) is 27.6. The Kier molecular flexibility index (Phi) is 9.88. The van der Waals surface area contributed by atoms with Crippen LogP contribution in [0, 0.1) is 17.3 Å². The smallest absolute Gasteiger partial charge is 0.453 e. The minimum absolute atomic E-state index is 0.0103. The fraction of sp³-hybridized carbons (Fsp3) is 0.618. The van der Waals surface area contributed by atoms with Gasteiger partial charge in [-0.25, -0.2) is 8.42 Å². The van der Waals surface area contributed by atoms with E-state index in [0.717, 1.165) is 37.1 Å². The number of hydrazone groups is 1. The molecule has 45 heavy (non-hydrogen) atoms. The Hall–Kier alpha value is -2.69. The zero-order valence-electron chi connectivity index (χ0n) is 25.7. The van der Waals surface area contributed by atoms with Crippen molar-refractivity contribution >= 4 is 15.5 Å². The minimum Gasteiger partial charge on any atom is -0.494 e. The minimum atomic E-state index is -5.67. The van der Waals surface area contributed by atoms with Crippen LogP contribution in [-0.4, -0.2) is 44.3 Å². The Morgan fingerprint density at radius 1 is 0.933 bits per heavy atom. The third-order valence-corrected chi connectivity index (χ3v) is 12.4. The molecule has 2 fully saturated rings. The second-order valence-electron chi connectivity index (χ2n) is 13.3. The third-order valence-electron chi connectivity index (χ3n) is 10.6. The lowest BCUT2D eigenvalue weighted by Crippen LogP contribution is -2.46. The molecule has 0 spiro atoms. The third kappa shape index (κ3) is 7.18. The summed E-state index contributed by atoms with van der Waals surface area (Å²) in [5.41, 5.74) is 5.33. The molecule has 2 N–H and O–H groups in total. The van der Waals surface area contributed by atoms with Crippen LogP contribution in [0.15, 0.2) is 53.6 Å². The molecule has 2 aromatic carbocycles. The number of nitrogens with zero attached hydrogens (tertiary/aromatic N) is 1. The zero-order chi connectivity index (χ0) is 32.5. The summed E-state index contributed by atoms with van der Waals surface area (Å²) >= 11 is 0. The second kappa shape index (κ2) is 13.2. The van der Waals surface area contributed by atoms with Crippen molar-refractivity contribution < 1.29 is 35.1 Å². The van der Waals surface area contributed by atoms with Crippen LogP contribution in [-0.2, 0) is 16.3 Å². The number of sulfone groups is 1. The van der Waals surface area contributed by atoms with Gasteiger partial charge in [-0.3, -0.25) is 0 Å². The summed E-state index contributed by atoms with van der Waals surface area (Å²) in [5.74, 6) is 2.73. The standard InChI is InChI=1S/C34H43F5N2O3S/c1-32-22-28(31-26-9-4-3-8-23(26)12-15-27(31)29(32)16-17-30(32)41-40)24-10-13-25(14-11-24)44-19-5-2-6-20-45(42,43)21-7-18-33(35,36)34(37,38)39/h3-4,8-11,13-14,27-29,31H,2,5-7,12,15-22,40H2,1H3/t27-,28+,29-,31+,32-/m0/s1. The molecule has 3 aliphatic carbocycles. The lowest BCUT2D eigenvalue weighted by molar-refractivity contribution is -0.284. The summed E-state index contributed by atoms with van der Waals surface area (Å²) in [6.45, 7) is 2.74. The van der Waals surface area contributed by atoms with Crippen molar-refractivity contribution in [3.63, 3.8) is 0 Å². The molecule has 5 nitrogen and oxygen atoms in total. The van der Waals surface area contributed by atoms with Crippen LogP contribution in [0.5, 0.6) is 5.75 Å². The van der Waals surface area contributed by atoms with Gasteiger partial charge < -0.3 is 10.6 Å². The molecule has 3 aliphatic rings. The predicted molar refractivity (Wildman–Crippen MR) is 165 cm³/mol. The maximum absolute atomic E-state index is 13.0. The van der Waals surface area contributed by atoms with E-state index >= 15 is 0 Å². The Bertz CT molecular complexity index is 1460. The molecule has 5 rings (SSSR count). The summed E-state index contributed by atoms with van der Waals surface area (Å²) < 4.78 is 93.0. The Labute approximate surface area is 262 Å². The second-order valence-corrected chi connectivity index (χ2v) is 15.6. The number of benzene rings is 2. The first kappa shape index (κ1) is 33.7. The Balaban J connectivity index is 1.14. The number of aryl methyl sites for hydroxylation is 1. The highest BCUT2D eigenvalue weighted by molar-refractivity contribution is 7.91. The quantitative estimate of drug-likeness (QED) is 0.108. The fourth-order valence-electron chi connectivity index (χ4n) is 8.33. The Morgan fingerprint density at radius 3 is 2.36 bits per heavy atom. The topological polar surface area (TPSA) is 81.8 Å². The van der Waals surface area contributed by atoms with Crippen LogP contribution >= 0.6 is 0 Å². The number of ether oxygens (including phenoxy) is 1. The first-order chi connectivity index (χ1) is 21.3. The summed E-state index contributed by atoms with van der Waals surface area (Å²) in [7, 11) is -3.70. The van der Waals surface area contributed by atoms with Crippen molar-refractivity contribution in [2.75, 3.05) is 18.1 Å². The molecule has 2 saturated carbocycles. The van der Waals surface area contributed by atoms with Crippen molar-refractivity contribution in [3.05, 3.63) is 65.2 Å². The van der Waals surface area contributed by atoms with Crippen LogP contribution < -0.4 is 10.6 Å². The molecular formula is C34H43F5N2O3S. The van der Waals surface area contributed by atoms with Crippen LogP contribution in [0.4, 0.5) is 22.0 Å². The van der Waals surface area contributed by atoms with E-state index in [2.05, 4.69) is 48.4 Å². The maximum atomic E-state index is 13.0. The van der Waals surface area contributed by atoms with E-state index in [1.165, 1.54) is 23.1 Å². The first-order valence-electron chi connectivity index (χ1n) is 16.0. The van der Waals surface area contributed by atoms with Gasteiger partial charge in [0.15, 0.2) is 0 Å². The van der Waals surface area contributed by atoms with Crippen LogP contribution in [0.1, 0.15) is 93.2 Å². The van der Waals surface area contributed by atoms with E-state index in [0.29, 0.717) is 49.5 Å². The monoisotopic (exact) mass is 654 g/mol. The molecule has 0 aliphatic heterocycles. The summed E-state index contributed by atoms with van der Waals surface area (Å²) in [6.07, 6.45) is -1.13. The largest absolute Gasteiger partial charge is 0.494 e. The summed E-state index contributed by atoms with van der Waals surface area (Å²) in [6, 6.07) is 17.1. The molecule has 2 aromatic rings. The molecule has 0 amide bonds. The summed E-state index contributed by atoms with van der Waals surface area (Å²) in [4.78, 5) is 0. The van der Waals surface area contributed by atoms with Crippen molar-refractivity contribution in [2.24, 2.45) is 28.2 Å². The van der Waals surface area contributed by atoms with Gasteiger partial charge in [0.25, 0.3) is 0 Å². The van der Waals surface area contributed by atoms with E-state index in [1.54, 1.807) is 0 Å². The van der Waals surface area contributed by atoms with Crippen molar-refractivity contribution in [1.29, 1.82) is 0 Å². The summed E-state index contributed by atoms with van der Waals surface area (Å²) in [5, 5.41) is 4.26. The molecule has 248 valence electrons. The zero-order valence-corrected chi connectivity index (χ0v) is 26.5. The van der Waals surface area contributed by atoms with Crippen LogP contribution in [0.2, 0.25) is 0 Å². The first-order valence-corrected chi connectivity index (χ1v) is 17.8. The molecule has 0 saturated heterocycles. The number of hydrogen-bond acceptors (Lipinski definition) is 5. The van der Waals surface area contributed by atoms with Gasteiger partial charge >= 0.3 is 12.1 Å². The number of fused-ring (bicyclic) bond motifs is 5. The van der Waals surface area contributed by atoms with Crippen molar-refractivity contribution in [1.82, 2.24) is 0 Å². The predicted octanol–water partition coefficient (Wildman–Crippen LogP) is 8.19. The number of hydrogen-bond donors (Lipinski definition) is 1. The van der Waals surface area contributed by atoms with E-state index in [-0.39, 0.29) is 11.2 Å². The molecule has 5 atom stereocenters. The molecule has 0 heterocycles. The average molecular weight is 655 g/mol. The van der Waals surface area contributed by atoms with Gasteiger partial charge in [-0.2, -0.15) is 27.1 Å². The number of alkyl halides is 5. The number of halogens is 5. The van der Waals surface area contributed by atoms with Crippen molar-refractivity contribution in [3.8, 4) is 5.75 Å². The van der Waals surface area contributed by atoms with E-state index in [9.17, 15) is 30.4 Å².